The lowest BCUT2D eigenvalue weighted by Gasteiger charge is -2.37. The minimum Gasteiger partial charge on any atom is -0.368 e. The lowest BCUT2D eigenvalue weighted by molar-refractivity contribution is 0.401. The molecule has 1 aliphatic carbocycles. The van der Waals surface area contributed by atoms with Gasteiger partial charge in [0.1, 0.15) is 17.5 Å². The molecule has 1 unspecified atom stereocenters. The largest absolute Gasteiger partial charge is 0.368 e. The molecule has 1 atom stereocenters. The van der Waals surface area contributed by atoms with Crippen LogP contribution < -0.4 is 15.8 Å². The van der Waals surface area contributed by atoms with E-state index >= 15 is 0 Å². The molecule has 0 amide bonds. The van der Waals surface area contributed by atoms with Gasteiger partial charge >= 0.3 is 0 Å². The van der Waals surface area contributed by atoms with Crippen LogP contribution >= 0.6 is 0 Å². The highest BCUT2D eigenvalue weighted by Gasteiger charge is 2.25. The molecule has 2 aromatic heterocycles. The molecular formula is C21H30N6O. The van der Waals surface area contributed by atoms with Crippen molar-refractivity contribution in [3.63, 3.8) is 0 Å². The number of piperidine rings is 1. The van der Waals surface area contributed by atoms with Crippen LogP contribution in [0.3, 0.4) is 0 Å². The molecule has 3 heterocycles. The second-order valence-corrected chi connectivity index (χ2v) is 8.22. The Morgan fingerprint density at radius 2 is 2.00 bits per heavy atom. The molecule has 150 valence electrons. The second kappa shape index (κ2) is 8.29. The highest BCUT2D eigenvalue weighted by molar-refractivity contribution is 5.41. The number of nitrogens with one attached hydrogen (secondary N) is 1. The van der Waals surface area contributed by atoms with Crippen LogP contribution in [0.2, 0.25) is 0 Å². The SMILES string of the molecule is CC(C)n1nc(N2CCCCC2CNc2ccnc(C3CCC3)n2)ccc1=O. The fraction of sp³-hybridized carbons (Fsp3) is 0.619. The number of hydrogen-bond donors (Lipinski definition) is 1. The molecule has 0 radical (unpaired) electrons. The number of nitrogens with zero attached hydrogens (tertiary/aromatic N) is 5. The zero-order valence-electron chi connectivity index (χ0n) is 16.8. The third-order valence-electron chi connectivity index (χ3n) is 5.88. The van der Waals surface area contributed by atoms with E-state index in [4.69, 9.17) is 4.98 Å². The summed E-state index contributed by atoms with van der Waals surface area (Å²) < 4.78 is 1.57. The van der Waals surface area contributed by atoms with Crippen LogP contribution in [-0.2, 0) is 0 Å². The highest BCUT2D eigenvalue weighted by Crippen LogP contribution is 2.34. The molecule has 0 spiro atoms. The van der Waals surface area contributed by atoms with Crippen LogP contribution in [0.15, 0.2) is 29.2 Å². The molecule has 2 aromatic rings. The van der Waals surface area contributed by atoms with E-state index in [1.54, 1.807) is 10.7 Å². The van der Waals surface area contributed by atoms with E-state index in [1.807, 2.05) is 32.2 Å². The normalized spacial score (nSPS) is 20.2. The van der Waals surface area contributed by atoms with E-state index in [0.29, 0.717) is 12.0 Å². The van der Waals surface area contributed by atoms with Crippen molar-refractivity contribution in [1.29, 1.82) is 0 Å². The molecule has 1 aliphatic heterocycles. The monoisotopic (exact) mass is 382 g/mol. The first-order chi connectivity index (χ1) is 13.6. The van der Waals surface area contributed by atoms with E-state index in [9.17, 15) is 4.79 Å². The Bertz CT molecular complexity index is 860. The van der Waals surface area contributed by atoms with Gasteiger partial charge in [0.25, 0.3) is 5.56 Å². The van der Waals surface area contributed by atoms with Gasteiger partial charge in [-0.25, -0.2) is 14.6 Å². The molecule has 0 aromatic carbocycles. The molecule has 2 aliphatic rings. The van der Waals surface area contributed by atoms with Crippen molar-refractivity contribution in [2.24, 2.45) is 0 Å². The molecule has 7 heteroatoms. The zero-order valence-corrected chi connectivity index (χ0v) is 16.8. The maximum atomic E-state index is 12.1. The van der Waals surface area contributed by atoms with Crippen molar-refractivity contribution in [3.05, 3.63) is 40.6 Å². The average molecular weight is 383 g/mol. The first-order valence-corrected chi connectivity index (χ1v) is 10.5. The van der Waals surface area contributed by atoms with Crippen molar-refractivity contribution in [3.8, 4) is 0 Å². The molecule has 1 saturated carbocycles. The number of anilines is 2. The fourth-order valence-corrected chi connectivity index (χ4v) is 4.01. The number of hydrogen-bond acceptors (Lipinski definition) is 6. The first kappa shape index (κ1) is 18.9. The Labute approximate surface area is 166 Å². The van der Waals surface area contributed by atoms with Crippen LogP contribution in [-0.4, -0.2) is 38.9 Å². The molecule has 1 saturated heterocycles. The van der Waals surface area contributed by atoms with Gasteiger partial charge in [0.05, 0.1) is 6.04 Å². The predicted molar refractivity (Wildman–Crippen MR) is 111 cm³/mol. The highest BCUT2D eigenvalue weighted by atomic mass is 16.1. The topological polar surface area (TPSA) is 75.9 Å². The van der Waals surface area contributed by atoms with Crippen LogP contribution in [0.1, 0.15) is 70.2 Å². The van der Waals surface area contributed by atoms with Crippen molar-refractivity contribution in [2.45, 2.75) is 70.4 Å². The quantitative estimate of drug-likeness (QED) is 0.826. The van der Waals surface area contributed by atoms with Gasteiger partial charge in [-0.1, -0.05) is 6.42 Å². The van der Waals surface area contributed by atoms with Gasteiger partial charge < -0.3 is 10.2 Å². The summed E-state index contributed by atoms with van der Waals surface area (Å²) >= 11 is 0. The molecule has 2 fully saturated rings. The maximum Gasteiger partial charge on any atom is 0.267 e. The van der Waals surface area contributed by atoms with Crippen molar-refractivity contribution >= 4 is 11.6 Å². The molecule has 28 heavy (non-hydrogen) atoms. The summed E-state index contributed by atoms with van der Waals surface area (Å²) in [6, 6.07) is 5.84. The van der Waals surface area contributed by atoms with E-state index in [1.165, 1.54) is 25.7 Å². The summed E-state index contributed by atoms with van der Waals surface area (Å²) in [4.78, 5) is 23.6. The zero-order chi connectivity index (χ0) is 19.5. The Balaban J connectivity index is 1.47. The lowest BCUT2D eigenvalue weighted by atomic mass is 9.85. The van der Waals surface area contributed by atoms with Gasteiger partial charge in [-0.2, -0.15) is 5.10 Å². The Morgan fingerprint density at radius 1 is 1.14 bits per heavy atom. The van der Waals surface area contributed by atoms with E-state index in [2.05, 4.69) is 20.3 Å². The van der Waals surface area contributed by atoms with Crippen LogP contribution in [0.5, 0.6) is 0 Å². The van der Waals surface area contributed by atoms with Gasteiger partial charge in [-0.3, -0.25) is 4.79 Å². The fourth-order valence-electron chi connectivity index (χ4n) is 4.01. The average Bonchev–Trinajstić information content (AvgIpc) is 2.66. The minimum atomic E-state index is -0.0463. The van der Waals surface area contributed by atoms with E-state index < -0.39 is 0 Å². The van der Waals surface area contributed by atoms with Crippen molar-refractivity contribution in [1.82, 2.24) is 19.7 Å². The summed E-state index contributed by atoms with van der Waals surface area (Å²) in [7, 11) is 0. The molecule has 0 bridgehead atoms. The second-order valence-electron chi connectivity index (χ2n) is 8.22. The smallest absolute Gasteiger partial charge is 0.267 e. The maximum absolute atomic E-state index is 12.1. The van der Waals surface area contributed by atoms with Gasteiger partial charge in [0.2, 0.25) is 0 Å². The molecular weight excluding hydrogens is 352 g/mol. The Morgan fingerprint density at radius 3 is 2.75 bits per heavy atom. The molecule has 7 nitrogen and oxygen atoms in total. The summed E-state index contributed by atoms with van der Waals surface area (Å²) in [5.41, 5.74) is -0.0463. The van der Waals surface area contributed by atoms with Gasteiger partial charge in [0.15, 0.2) is 0 Å². The molecule has 1 N–H and O–H groups in total. The van der Waals surface area contributed by atoms with Crippen molar-refractivity contribution in [2.75, 3.05) is 23.3 Å². The van der Waals surface area contributed by atoms with E-state index in [0.717, 1.165) is 43.4 Å². The third kappa shape index (κ3) is 4.03. The standard InChI is InChI=1S/C21H30N6O/c1-15(2)27-20(28)10-9-19(25-27)26-13-4-3-8-17(26)14-23-18-11-12-22-21(24-18)16-6-5-7-16/h9-12,15-17H,3-8,13-14H2,1-2H3,(H,22,23,24). The van der Waals surface area contributed by atoms with Crippen LogP contribution in [0, 0.1) is 0 Å². The van der Waals surface area contributed by atoms with E-state index in [-0.39, 0.29) is 11.6 Å². The van der Waals surface area contributed by atoms with Gasteiger partial charge in [-0.05, 0) is 58.1 Å². The number of aromatic nitrogens is 4. The van der Waals surface area contributed by atoms with Crippen molar-refractivity contribution < 1.29 is 0 Å². The lowest BCUT2D eigenvalue weighted by Crippen LogP contribution is -2.45. The Kier molecular flexibility index (Phi) is 5.59. The predicted octanol–water partition coefficient (Wildman–Crippen LogP) is 3.35. The Hall–Kier alpha value is -2.44. The van der Waals surface area contributed by atoms with Crippen LogP contribution in [0.25, 0.3) is 0 Å². The minimum absolute atomic E-state index is 0.0463. The summed E-state index contributed by atoms with van der Waals surface area (Å²) in [6.45, 7) is 5.75. The molecule has 4 rings (SSSR count). The third-order valence-corrected chi connectivity index (χ3v) is 5.88. The number of rotatable bonds is 6. The summed E-state index contributed by atoms with van der Waals surface area (Å²) in [5.74, 6) is 3.30. The first-order valence-electron chi connectivity index (χ1n) is 10.5. The summed E-state index contributed by atoms with van der Waals surface area (Å²) in [5, 5.41) is 8.15. The summed E-state index contributed by atoms with van der Waals surface area (Å²) in [6.07, 6.45) is 9.03. The van der Waals surface area contributed by atoms with Crippen LogP contribution in [0.4, 0.5) is 11.6 Å². The van der Waals surface area contributed by atoms with Gasteiger partial charge in [0, 0.05) is 37.3 Å². The van der Waals surface area contributed by atoms with Gasteiger partial charge in [-0.15, -0.1) is 0 Å².